The van der Waals surface area contributed by atoms with Crippen molar-refractivity contribution in [3.05, 3.63) is 29.3 Å². The number of carbonyl (C=O) groups excluding carboxylic acids is 1. The van der Waals surface area contributed by atoms with Gasteiger partial charge >= 0.3 is 0 Å². The minimum atomic E-state index is 0.107. The van der Waals surface area contributed by atoms with Gasteiger partial charge in [-0.1, -0.05) is 12.1 Å². The summed E-state index contributed by atoms with van der Waals surface area (Å²) in [5.74, 6) is 0.107. The Morgan fingerprint density at radius 1 is 1.29 bits per heavy atom. The van der Waals surface area contributed by atoms with Crippen molar-refractivity contribution in [1.29, 1.82) is 0 Å². The van der Waals surface area contributed by atoms with Crippen molar-refractivity contribution in [2.45, 2.75) is 32.7 Å². The molecule has 1 unspecified atom stereocenters. The van der Waals surface area contributed by atoms with Gasteiger partial charge < -0.3 is 5.32 Å². The molecule has 2 saturated heterocycles. The second-order valence-electron chi connectivity index (χ2n) is 6.36. The Balaban J connectivity index is 1.55. The number of hydrogen-bond acceptors (Lipinski definition) is 3. The van der Waals surface area contributed by atoms with Crippen LogP contribution in [0.2, 0.25) is 0 Å². The van der Waals surface area contributed by atoms with Gasteiger partial charge in [0.05, 0.1) is 6.54 Å². The van der Waals surface area contributed by atoms with Crippen molar-refractivity contribution in [3.63, 3.8) is 0 Å². The number of nitrogens with zero attached hydrogens (tertiary/aromatic N) is 2. The Kier molecular flexibility index (Phi) is 4.27. The molecule has 114 valence electrons. The first-order valence-corrected chi connectivity index (χ1v) is 7.96. The first kappa shape index (κ1) is 14.5. The van der Waals surface area contributed by atoms with Gasteiger partial charge in [-0.05, 0) is 50.4 Å². The summed E-state index contributed by atoms with van der Waals surface area (Å²) >= 11 is 0. The number of rotatable bonds is 3. The maximum absolute atomic E-state index is 12.3. The Bertz CT molecular complexity index is 529. The fourth-order valence-corrected chi connectivity index (χ4v) is 3.48. The van der Waals surface area contributed by atoms with Crippen molar-refractivity contribution >= 4 is 11.6 Å². The molecule has 21 heavy (non-hydrogen) atoms. The zero-order valence-corrected chi connectivity index (χ0v) is 13.1. The van der Waals surface area contributed by atoms with Gasteiger partial charge in [0.1, 0.15) is 0 Å². The Labute approximate surface area is 127 Å². The van der Waals surface area contributed by atoms with Gasteiger partial charge in [-0.2, -0.15) is 0 Å². The minimum Gasteiger partial charge on any atom is -0.325 e. The highest BCUT2D eigenvalue weighted by Gasteiger charge is 2.31. The van der Waals surface area contributed by atoms with Crippen LogP contribution in [-0.4, -0.2) is 54.5 Å². The summed E-state index contributed by atoms with van der Waals surface area (Å²) in [6, 6.07) is 6.72. The summed E-state index contributed by atoms with van der Waals surface area (Å²) in [6.45, 7) is 9.05. The highest BCUT2D eigenvalue weighted by atomic mass is 16.2. The van der Waals surface area contributed by atoms with E-state index >= 15 is 0 Å². The van der Waals surface area contributed by atoms with Crippen LogP contribution in [-0.2, 0) is 4.79 Å². The summed E-state index contributed by atoms with van der Waals surface area (Å²) in [7, 11) is 0. The van der Waals surface area contributed by atoms with Crippen molar-refractivity contribution in [2.24, 2.45) is 0 Å². The summed E-state index contributed by atoms with van der Waals surface area (Å²) < 4.78 is 0. The topological polar surface area (TPSA) is 35.6 Å². The predicted molar refractivity (Wildman–Crippen MR) is 85.6 cm³/mol. The summed E-state index contributed by atoms with van der Waals surface area (Å²) in [5, 5.41) is 3.06. The van der Waals surface area contributed by atoms with Crippen LogP contribution in [0.5, 0.6) is 0 Å². The standard InChI is InChI=1S/C17H25N3O/c1-13-5-3-7-16(14(13)2)18-17(21)12-19-9-10-20-8-4-6-15(20)11-19/h3,5,7,15H,4,6,8-12H2,1-2H3,(H,18,21). The van der Waals surface area contributed by atoms with Gasteiger partial charge in [0.25, 0.3) is 0 Å². The molecular formula is C17H25N3O. The number of benzene rings is 1. The van der Waals surface area contributed by atoms with E-state index in [4.69, 9.17) is 0 Å². The molecule has 2 fully saturated rings. The third-order valence-corrected chi connectivity index (χ3v) is 4.92. The lowest BCUT2D eigenvalue weighted by atomic mass is 10.1. The van der Waals surface area contributed by atoms with Crippen molar-refractivity contribution < 1.29 is 4.79 Å². The first-order valence-electron chi connectivity index (χ1n) is 7.96. The van der Waals surface area contributed by atoms with Gasteiger partial charge in [0.15, 0.2) is 0 Å². The van der Waals surface area contributed by atoms with Gasteiger partial charge in [-0.3, -0.25) is 14.6 Å². The van der Waals surface area contributed by atoms with Crippen LogP contribution in [0, 0.1) is 13.8 Å². The van der Waals surface area contributed by atoms with E-state index in [1.165, 1.54) is 24.9 Å². The molecule has 1 atom stereocenters. The third kappa shape index (κ3) is 3.27. The maximum atomic E-state index is 12.3. The molecule has 3 rings (SSSR count). The lowest BCUT2D eigenvalue weighted by molar-refractivity contribution is -0.117. The van der Waals surface area contributed by atoms with E-state index < -0.39 is 0 Å². The molecular weight excluding hydrogens is 262 g/mol. The van der Waals surface area contributed by atoms with Crippen LogP contribution < -0.4 is 5.32 Å². The number of nitrogens with one attached hydrogen (secondary N) is 1. The van der Waals surface area contributed by atoms with Crippen LogP contribution in [0.4, 0.5) is 5.69 Å². The fraction of sp³-hybridized carbons (Fsp3) is 0.588. The number of anilines is 1. The molecule has 2 aliphatic heterocycles. The average molecular weight is 287 g/mol. The Hall–Kier alpha value is -1.39. The fourth-order valence-electron chi connectivity index (χ4n) is 3.48. The quantitative estimate of drug-likeness (QED) is 0.924. The molecule has 0 saturated carbocycles. The lowest BCUT2D eigenvalue weighted by Gasteiger charge is -2.37. The van der Waals surface area contributed by atoms with Crippen LogP contribution in [0.15, 0.2) is 18.2 Å². The molecule has 4 nitrogen and oxygen atoms in total. The SMILES string of the molecule is Cc1cccc(NC(=O)CN2CCN3CCCC3C2)c1C. The third-order valence-electron chi connectivity index (χ3n) is 4.92. The molecule has 1 N–H and O–H groups in total. The highest BCUT2D eigenvalue weighted by Crippen LogP contribution is 2.22. The van der Waals surface area contributed by atoms with Crippen LogP contribution in [0.25, 0.3) is 0 Å². The van der Waals surface area contributed by atoms with Gasteiger partial charge in [0.2, 0.25) is 5.91 Å². The molecule has 0 radical (unpaired) electrons. The average Bonchev–Trinajstić information content (AvgIpc) is 2.91. The van der Waals surface area contributed by atoms with Gasteiger partial charge in [-0.15, -0.1) is 0 Å². The minimum absolute atomic E-state index is 0.107. The lowest BCUT2D eigenvalue weighted by Crippen LogP contribution is -2.51. The zero-order chi connectivity index (χ0) is 14.8. The van der Waals surface area contributed by atoms with Crippen molar-refractivity contribution in [1.82, 2.24) is 9.80 Å². The molecule has 1 aromatic carbocycles. The van der Waals surface area contributed by atoms with Crippen LogP contribution >= 0.6 is 0 Å². The van der Waals surface area contributed by atoms with E-state index in [2.05, 4.69) is 35.0 Å². The van der Waals surface area contributed by atoms with E-state index in [9.17, 15) is 4.79 Å². The smallest absolute Gasteiger partial charge is 0.238 e. The number of piperazine rings is 1. The van der Waals surface area contributed by atoms with Gasteiger partial charge in [0, 0.05) is 31.4 Å². The van der Waals surface area contributed by atoms with E-state index in [1.54, 1.807) is 0 Å². The molecule has 1 aromatic rings. The number of carbonyl (C=O) groups is 1. The summed E-state index contributed by atoms with van der Waals surface area (Å²) in [4.78, 5) is 17.1. The maximum Gasteiger partial charge on any atom is 0.238 e. The van der Waals surface area contributed by atoms with E-state index in [-0.39, 0.29) is 5.91 Å². The molecule has 0 bridgehead atoms. The Morgan fingerprint density at radius 3 is 3.00 bits per heavy atom. The zero-order valence-electron chi connectivity index (χ0n) is 13.1. The van der Waals surface area contributed by atoms with E-state index in [0.717, 1.165) is 30.9 Å². The molecule has 0 aliphatic carbocycles. The number of hydrogen-bond donors (Lipinski definition) is 1. The summed E-state index contributed by atoms with van der Waals surface area (Å²) in [5.41, 5.74) is 3.32. The Morgan fingerprint density at radius 2 is 2.14 bits per heavy atom. The molecule has 0 aromatic heterocycles. The first-order chi connectivity index (χ1) is 10.1. The van der Waals surface area contributed by atoms with E-state index in [0.29, 0.717) is 12.6 Å². The predicted octanol–water partition coefficient (Wildman–Crippen LogP) is 2.02. The second kappa shape index (κ2) is 6.16. The molecule has 2 heterocycles. The molecule has 1 amide bonds. The monoisotopic (exact) mass is 287 g/mol. The van der Waals surface area contributed by atoms with Crippen molar-refractivity contribution in [2.75, 3.05) is 38.0 Å². The van der Waals surface area contributed by atoms with Gasteiger partial charge in [-0.25, -0.2) is 0 Å². The van der Waals surface area contributed by atoms with E-state index in [1.807, 2.05) is 12.1 Å². The number of fused-ring (bicyclic) bond motifs is 1. The van der Waals surface area contributed by atoms with Crippen molar-refractivity contribution in [3.8, 4) is 0 Å². The molecule has 2 aliphatic rings. The number of amides is 1. The largest absolute Gasteiger partial charge is 0.325 e. The van der Waals surface area contributed by atoms with Crippen LogP contribution in [0.1, 0.15) is 24.0 Å². The second-order valence-corrected chi connectivity index (χ2v) is 6.36. The summed E-state index contributed by atoms with van der Waals surface area (Å²) in [6.07, 6.45) is 2.60. The molecule has 0 spiro atoms. The van der Waals surface area contributed by atoms with Crippen LogP contribution in [0.3, 0.4) is 0 Å². The molecule has 4 heteroatoms. The number of aryl methyl sites for hydroxylation is 1. The normalized spacial score (nSPS) is 23.0. The highest BCUT2D eigenvalue weighted by molar-refractivity contribution is 5.93.